The number of imidazole rings is 1. The van der Waals surface area contributed by atoms with Crippen LogP contribution in [0.5, 0.6) is 0 Å². The molecule has 23 heavy (non-hydrogen) atoms. The Morgan fingerprint density at radius 2 is 1.78 bits per heavy atom. The average Bonchev–Trinajstić information content (AvgIpc) is 2.82. The maximum atomic E-state index is 13.8. The van der Waals surface area contributed by atoms with Crippen molar-refractivity contribution in [2.45, 2.75) is 33.4 Å². The third-order valence-corrected chi connectivity index (χ3v) is 4.19. The van der Waals surface area contributed by atoms with E-state index in [9.17, 15) is 13.2 Å². The average molecular weight is 318 g/mol. The van der Waals surface area contributed by atoms with Gasteiger partial charge in [0.15, 0.2) is 0 Å². The SMILES string of the molecule is Cc1nc2c(CCc3c(F)cccc3F)cc(CF)cn2c1C. The second kappa shape index (κ2) is 6.07. The van der Waals surface area contributed by atoms with Gasteiger partial charge in [0.2, 0.25) is 0 Å². The Balaban J connectivity index is 2.01. The third-order valence-electron chi connectivity index (χ3n) is 4.19. The summed E-state index contributed by atoms with van der Waals surface area (Å²) < 4.78 is 42.5. The lowest BCUT2D eigenvalue weighted by Crippen LogP contribution is -2.02. The van der Waals surface area contributed by atoms with Gasteiger partial charge in [0.25, 0.3) is 0 Å². The number of alkyl halides is 1. The van der Waals surface area contributed by atoms with Gasteiger partial charge in [0.1, 0.15) is 24.0 Å². The van der Waals surface area contributed by atoms with Gasteiger partial charge in [-0.1, -0.05) is 6.07 Å². The molecule has 0 spiro atoms. The molecule has 0 aliphatic rings. The molecular weight excluding hydrogens is 301 g/mol. The summed E-state index contributed by atoms with van der Waals surface area (Å²) in [6.45, 7) is 3.21. The Morgan fingerprint density at radius 3 is 2.43 bits per heavy atom. The molecule has 2 nitrogen and oxygen atoms in total. The standard InChI is InChI=1S/C18H17F3N2/c1-11-12(2)23-10-13(9-19)8-14(18(23)22-11)6-7-15-16(20)4-3-5-17(15)21/h3-5,8,10H,6-7,9H2,1-2H3. The fourth-order valence-corrected chi connectivity index (χ4v) is 2.79. The first-order valence-electron chi connectivity index (χ1n) is 7.47. The van der Waals surface area contributed by atoms with Crippen LogP contribution in [-0.4, -0.2) is 9.38 Å². The molecule has 0 bridgehead atoms. The molecule has 2 heterocycles. The highest BCUT2D eigenvalue weighted by atomic mass is 19.1. The molecule has 0 amide bonds. The molecule has 3 aromatic rings. The monoisotopic (exact) mass is 318 g/mol. The summed E-state index contributed by atoms with van der Waals surface area (Å²) in [4.78, 5) is 4.50. The molecule has 0 unspecified atom stereocenters. The first-order valence-corrected chi connectivity index (χ1v) is 7.47. The quantitative estimate of drug-likeness (QED) is 0.693. The van der Waals surface area contributed by atoms with Crippen LogP contribution in [0.25, 0.3) is 5.65 Å². The number of rotatable bonds is 4. The zero-order valence-corrected chi connectivity index (χ0v) is 13.0. The van der Waals surface area contributed by atoms with Crippen LogP contribution in [0.1, 0.15) is 28.1 Å². The maximum Gasteiger partial charge on any atom is 0.140 e. The lowest BCUT2D eigenvalue weighted by molar-refractivity contribution is 0.483. The Hall–Kier alpha value is -2.30. The van der Waals surface area contributed by atoms with Gasteiger partial charge < -0.3 is 4.40 Å². The molecule has 0 saturated carbocycles. The molecular formula is C18H17F3N2. The summed E-state index contributed by atoms with van der Waals surface area (Å²) in [7, 11) is 0. The van der Waals surface area contributed by atoms with Crippen molar-refractivity contribution in [2.24, 2.45) is 0 Å². The van der Waals surface area contributed by atoms with Crippen LogP contribution in [0.2, 0.25) is 0 Å². The van der Waals surface area contributed by atoms with Crippen LogP contribution in [0, 0.1) is 25.5 Å². The second-order valence-corrected chi connectivity index (χ2v) is 5.68. The Labute approximate surface area is 132 Å². The molecule has 0 radical (unpaired) electrons. The minimum atomic E-state index is -0.590. The van der Waals surface area contributed by atoms with E-state index in [0.29, 0.717) is 17.6 Å². The zero-order chi connectivity index (χ0) is 16.6. The van der Waals surface area contributed by atoms with Crippen LogP contribution in [0.4, 0.5) is 13.2 Å². The molecule has 0 fully saturated rings. The lowest BCUT2D eigenvalue weighted by Gasteiger charge is -2.09. The van der Waals surface area contributed by atoms with E-state index in [2.05, 4.69) is 4.98 Å². The molecule has 0 N–H and O–H groups in total. The van der Waals surface area contributed by atoms with Crippen LogP contribution >= 0.6 is 0 Å². The van der Waals surface area contributed by atoms with Crippen molar-refractivity contribution in [3.05, 3.63) is 70.2 Å². The summed E-state index contributed by atoms with van der Waals surface area (Å²) in [5.41, 5.74) is 3.89. The van der Waals surface area contributed by atoms with Crippen LogP contribution < -0.4 is 0 Å². The van der Waals surface area contributed by atoms with Gasteiger partial charge in [-0.2, -0.15) is 0 Å². The third kappa shape index (κ3) is 2.83. The Kier molecular flexibility index (Phi) is 4.11. The summed E-state index contributed by atoms with van der Waals surface area (Å²) in [6.07, 6.45) is 2.32. The minimum Gasteiger partial charge on any atom is -0.303 e. The van der Waals surface area contributed by atoms with Gasteiger partial charge in [-0.15, -0.1) is 0 Å². The topological polar surface area (TPSA) is 17.3 Å². The van der Waals surface area contributed by atoms with Crippen molar-refractivity contribution in [1.82, 2.24) is 9.38 Å². The summed E-state index contributed by atoms with van der Waals surface area (Å²) in [5, 5.41) is 0. The Morgan fingerprint density at radius 1 is 1.09 bits per heavy atom. The number of hydrogen-bond donors (Lipinski definition) is 0. The zero-order valence-electron chi connectivity index (χ0n) is 13.0. The number of pyridine rings is 1. The molecule has 0 saturated heterocycles. The van der Waals surface area contributed by atoms with Crippen LogP contribution in [0.3, 0.4) is 0 Å². The predicted octanol–water partition coefficient (Wildman–Crippen LogP) is 4.48. The molecule has 1 aromatic carbocycles. The van der Waals surface area contributed by atoms with Crippen molar-refractivity contribution in [3.63, 3.8) is 0 Å². The number of aryl methyl sites for hydroxylation is 3. The van der Waals surface area contributed by atoms with E-state index in [4.69, 9.17) is 0 Å². The molecule has 120 valence electrons. The highest BCUT2D eigenvalue weighted by Gasteiger charge is 2.13. The van der Waals surface area contributed by atoms with Crippen LogP contribution in [0.15, 0.2) is 30.5 Å². The Bertz CT molecular complexity index is 848. The number of fused-ring (bicyclic) bond motifs is 1. The smallest absolute Gasteiger partial charge is 0.140 e. The highest BCUT2D eigenvalue weighted by Crippen LogP contribution is 2.21. The number of benzene rings is 1. The number of aromatic nitrogens is 2. The van der Waals surface area contributed by atoms with Crippen molar-refractivity contribution < 1.29 is 13.2 Å². The maximum absolute atomic E-state index is 13.8. The molecule has 3 rings (SSSR count). The highest BCUT2D eigenvalue weighted by molar-refractivity contribution is 5.52. The van der Waals surface area contributed by atoms with Gasteiger partial charge in [-0.3, -0.25) is 0 Å². The molecule has 0 aliphatic heterocycles. The van der Waals surface area contributed by atoms with Crippen molar-refractivity contribution in [3.8, 4) is 0 Å². The van der Waals surface area contributed by atoms with E-state index in [1.807, 2.05) is 18.2 Å². The first kappa shape index (κ1) is 15.6. The molecule has 5 heteroatoms. The van der Waals surface area contributed by atoms with E-state index >= 15 is 0 Å². The van der Waals surface area contributed by atoms with E-state index in [1.54, 1.807) is 12.3 Å². The molecule has 2 aromatic heterocycles. The summed E-state index contributed by atoms with van der Waals surface area (Å²) in [5.74, 6) is -1.11. The summed E-state index contributed by atoms with van der Waals surface area (Å²) >= 11 is 0. The summed E-state index contributed by atoms with van der Waals surface area (Å²) in [6, 6.07) is 5.56. The van der Waals surface area contributed by atoms with Gasteiger partial charge >= 0.3 is 0 Å². The molecule has 0 aliphatic carbocycles. The van der Waals surface area contributed by atoms with Gasteiger partial charge in [0.05, 0.1) is 5.69 Å². The normalized spacial score (nSPS) is 11.3. The minimum absolute atomic E-state index is 0.0521. The van der Waals surface area contributed by atoms with E-state index in [1.165, 1.54) is 18.2 Å². The number of nitrogens with zero attached hydrogens (tertiary/aromatic N) is 2. The largest absolute Gasteiger partial charge is 0.303 e. The number of hydrogen-bond acceptors (Lipinski definition) is 1. The van der Waals surface area contributed by atoms with Crippen molar-refractivity contribution in [2.75, 3.05) is 0 Å². The predicted molar refractivity (Wildman–Crippen MR) is 83.2 cm³/mol. The fraction of sp³-hybridized carbons (Fsp3) is 0.278. The van der Waals surface area contributed by atoms with Crippen molar-refractivity contribution >= 4 is 5.65 Å². The van der Waals surface area contributed by atoms with Crippen LogP contribution in [-0.2, 0) is 19.5 Å². The van der Waals surface area contributed by atoms with Gasteiger partial charge in [-0.25, -0.2) is 18.2 Å². The van der Waals surface area contributed by atoms with E-state index in [-0.39, 0.29) is 12.0 Å². The van der Waals surface area contributed by atoms with Crippen molar-refractivity contribution in [1.29, 1.82) is 0 Å². The fourth-order valence-electron chi connectivity index (χ4n) is 2.79. The van der Waals surface area contributed by atoms with E-state index in [0.717, 1.165) is 17.0 Å². The molecule has 0 atom stereocenters. The van der Waals surface area contributed by atoms with Gasteiger partial charge in [-0.05, 0) is 56.0 Å². The first-order chi connectivity index (χ1) is 11.0. The second-order valence-electron chi connectivity index (χ2n) is 5.68. The number of halogens is 3. The van der Waals surface area contributed by atoms with Gasteiger partial charge in [0, 0.05) is 17.5 Å². The lowest BCUT2D eigenvalue weighted by atomic mass is 10.0. The van der Waals surface area contributed by atoms with E-state index < -0.39 is 18.3 Å².